The van der Waals surface area contributed by atoms with Gasteiger partial charge in [-0.25, -0.2) is 0 Å². The van der Waals surface area contributed by atoms with Crippen LogP contribution in [0.4, 0.5) is 18.9 Å². The molecular formula is C14H7F3IN3OS. The largest absolute Gasteiger partial charge is 0.418 e. The van der Waals surface area contributed by atoms with Gasteiger partial charge in [0.05, 0.1) is 23.0 Å². The number of fused-ring (bicyclic) bond motifs is 1. The summed E-state index contributed by atoms with van der Waals surface area (Å²) < 4.78 is 47.7. The van der Waals surface area contributed by atoms with Crippen LogP contribution in [0, 0.1) is 3.57 Å². The molecule has 4 nitrogen and oxygen atoms in total. The van der Waals surface area contributed by atoms with Gasteiger partial charge in [0.1, 0.15) is 11.0 Å². The Hall–Kier alpha value is -1.75. The highest BCUT2D eigenvalue weighted by atomic mass is 127. The van der Waals surface area contributed by atoms with Crippen LogP contribution in [0.25, 0.3) is 11.0 Å². The van der Waals surface area contributed by atoms with Gasteiger partial charge in [0.15, 0.2) is 0 Å². The van der Waals surface area contributed by atoms with E-state index >= 15 is 0 Å². The second-order valence-electron chi connectivity index (χ2n) is 4.61. The van der Waals surface area contributed by atoms with Gasteiger partial charge >= 0.3 is 6.18 Å². The lowest BCUT2D eigenvalue weighted by molar-refractivity contribution is -0.137. The molecule has 0 aliphatic carbocycles. The molecule has 0 unspecified atom stereocenters. The number of alkyl halides is 3. The highest BCUT2D eigenvalue weighted by Crippen LogP contribution is 2.36. The van der Waals surface area contributed by atoms with Crippen LogP contribution < -0.4 is 5.32 Å². The molecule has 3 rings (SSSR count). The number of hydrogen-bond acceptors (Lipinski definition) is 4. The van der Waals surface area contributed by atoms with E-state index in [2.05, 4.69) is 14.1 Å². The van der Waals surface area contributed by atoms with Gasteiger partial charge in [-0.15, -0.1) is 0 Å². The lowest BCUT2D eigenvalue weighted by atomic mass is 10.1. The number of benzene rings is 2. The first-order chi connectivity index (χ1) is 10.8. The average molecular weight is 449 g/mol. The monoisotopic (exact) mass is 449 g/mol. The quantitative estimate of drug-likeness (QED) is 0.584. The van der Waals surface area contributed by atoms with Gasteiger partial charge < -0.3 is 5.32 Å². The van der Waals surface area contributed by atoms with Crippen molar-refractivity contribution in [2.24, 2.45) is 0 Å². The molecule has 0 fully saturated rings. The number of nitrogens with one attached hydrogen (secondary N) is 1. The number of aromatic nitrogens is 2. The molecule has 0 saturated heterocycles. The third-order valence-electron chi connectivity index (χ3n) is 3.05. The minimum absolute atomic E-state index is 0.219. The van der Waals surface area contributed by atoms with Crippen molar-refractivity contribution in [3.63, 3.8) is 0 Å². The lowest BCUT2D eigenvalue weighted by Gasteiger charge is -2.14. The minimum Gasteiger partial charge on any atom is -0.321 e. The van der Waals surface area contributed by atoms with Crippen LogP contribution in [0.2, 0.25) is 0 Å². The van der Waals surface area contributed by atoms with Crippen molar-refractivity contribution in [2.75, 3.05) is 5.32 Å². The summed E-state index contributed by atoms with van der Waals surface area (Å²) in [7, 11) is 0. The van der Waals surface area contributed by atoms with Crippen LogP contribution in [0.5, 0.6) is 0 Å². The number of carbonyl (C=O) groups excluding carboxylic acids is 1. The highest BCUT2D eigenvalue weighted by molar-refractivity contribution is 14.1. The molecule has 0 radical (unpaired) electrons. The second kappa shape index (κ2) is 6.04. The van der Waals surface area contributed by atoms with Crippen molar-refractivity contribution >= 4 is 56.9 Å². The Morgan fingerprint density at radius 2 is 1.83 bits per heavy atom. The van der Waals surface area contributed by atoms with Crippen molar-refractivity contribution in [3.8, 4) is 0 Å². The van der Waals surface area contributed by atoms with Crippen molar-refractivity contribution in [2.45, 2.75) is 6.18 Å². The number of anilines is 1. The van der Waals surface area contributed by atoms with E-state index in [-0.39, 0.29) is 11.3 Å². The molecule has 2 aromatic carbocycles. The summed E-state index contributed by atoms with van der Waals surface area (Å²) >= 11 is 2.79. The van der Waals surface area contributed by atoms with Gasteiger partial charge in [-0.1, -0.05) is 0 Å². The third-order valence-corrected chi connectivity index (χ3v) is 4.28. The number of carbonyl (C=O) groups is 1. The Balaban J connectivity index is 1.93. The molecule has 0 aliphatic heterocycles. The molecule has 1 N–H and O–H groups in total. The Labute approximate surface area is 146 Å². The molecule has 0 saturated carbocycles. The van der Waals surface area contributed by atoms with E-state index in [9.17, 15) is 18.0 Å². The number of nitrogens with zero attached hydrogens (tertiary/aromatic N) is 2. The van der Waals surface area contributed by atoms with E-state index in [4.69, 9.17) is 0 Å². The average Bonchev–Trinajstić information content (AvgIpc) is 2.95. The maximum atomic E-state index is 13.1. The predicted molar refractivity (Wildman–Crippen MR) is 89.5 cm³/mol. The van der Waals surface area contributed by atoms with Crippen LogP contribution in [0.3, 0.4) is 0 Å². The van der Waals surface area contributed by atoms with Crippen LogP contribution in [-0.2, 0) is 6.18 Å². The molecule has 1 amide bonds. The zero-order valence-electron chi connectivity index (χ0n) is 11.2. The first-order valence-electron chi connectivity index (χ1n) is 6.25. The fourth-order valence-electron chi connectivity index (χ4n) is 1.98. The third kappa shape index (κ3) is 3.44. The lowest BCUT2D eigenvalue weighted by Crippen LogP contribution is -2.16. The first-order valence-corrected chi connectivity index (χ1v) is 8.06. The van der Waals surface area contributed by atoms with Crippen LogP contribution >= 0.6 is 34.3 Å². The zero-order valence-corrected chi connectivity index (χ0v) is 14.2. The van der Waals surface area contributed by atoms with Crippen molar-refractivity contribution in [1.29, 1.82) is 0 Å². The van der Waals surface area contributed by atoms with Crippen molar-refractivity contribution in [1.82, 2.24) is 8.75 Å². The molecule has 0 atom stereocenters. The summed E-state index contributed by atoms with van der Waals surface area (Å²) in [6.07, 6.45) is -4.55. The predicted octanol–water partition coefficient (Wildman–Crippen LogP) is 4.57. The van der Waals surface area contributed by atoms with Gasteiger partial charge in [-0.05, 0) is 59.0 Å². The van der Waals surface area contributed by atoms with Gasteiger partial charge in [-0.2, -0.15) is 21.9 Å². The fraction of sp³-hybridized carbons (Fsp3) is 0.0714. The summed E-state index contributed by atoms with van der Waals surface area (Å²) in [5, 5.41) is 2.31. The minimum atomic E-state index is -4.55. The Bertz CT molecular complexity index is 894. The molecule has 1 aromatic heterocycles. The summed E-state index contributed by atoms with van der Waals surface area (Å²) in [6.45, 7) is 0. The SMILES string of the molecule is O=C(Nc1ccc(I)cc1C(F)(F)F)c1ccc2nsnc2c1. The van der Waals surface area contributed by atoms with E-state index in [1.807, 2.05) is 0 Å². The Morgan fingerprint density at radius 1 is 1.09 bits per heavy atom. The highest BCUT2D eigenvalue weighted by Gasteiger charge is 2.34. The van der Waals surface area contributed by atoms with Gasteiger partial charge in [-0.3, -0.25) is 4.79 Å². The van der Waals surface area contributed by atoms with E-state index < -0.39 is 17.6 Å². The Kier molecular flexibility index (Phi) is 4.23. The molecule has 0 spiro atoms. The molecule has 23 heavy (non-hydrogen) atoms. The van der Waals surface area contributed by atoms with Gasteiger partial charge in [0.2, 0.25) is 0 Å². The smallest absolute Gasteiger partial charge is 0.321 e. The van der Waals surface area contributed by atoms with Crippen molar-refractivity contribution in [3.05, 3.63) is 51.1 Å². The van der Waals surface area contributed by atoms with Gasteiger partial charge in [0, 0.05) is 9.13 Å². The summed E-state index contributed by atoms with van der Waals surface area (Å²) in [6, 6.07) is 8.33. The Morgan fingerprint density at radius 3 is 2.57 bits per heavy atom. The van der Waals surface area contributed by atoms with Crippen LogP contribution in [0.15, 0.2) is 36.4 Å². The van der Waals surface area contributed by atoms with E-state index in [0.717, 1.165) is 17.8 Å². The molecule has 0 aliphatic rings. The molecule has 0 bridgehead atoms. The normalized spacial score (nSPS) is 11.7. The fourth-order valence-corrected chi connectivity index (χ4v) is 2.99. The van der Waals surface area contributed by atoms with Crippen LogP contribution in [-0.4, -0.2) is 14.7 Å². The molecule has 3 aromatic rings. The van der Waals surface area contributed by atoms with E-state index in [1.165, 1.54) is 24.3 Å². The maximum Gasteiger partial charge on any atom is 0.418 e. The van der Waals surface area contributed by atoms with Crippen molar-refractivity contribution < 1.29 is 18.0 Å². The standard InChI is InChI=1S/C14H7F3IN3OS/c15-14(16,17)9-6-8(18)2-4-10(9)19-13(22)7-1-3-11-12(5-7)21-23-20-11/h1-6H,(H,19,22). The summed E-state index contributed by atoms with van der Waals surface area (Å²) in [5.41, 5.74) is 0.226. The zero-order chi connectivity index (χ0) is 16.6. The molecule has 1 heterocycles. The molecule has 118 valence electrons. The number of rotatable bonds is 2. The molecule has 9 heteroatoms. The van der Waals surface area contributed by atoms with E-state index in [1.54, 1.807) is 28.7 Å². The number of halogens is 4. The summed E-state index contributed by atoms with van der Waals surface area (Å²) in [5.74, 6) is -0.633. The number of amides is 1. The topological polar surface area (TPSA) is 54.9 Å². The van der Waals surface area contributed by atoms with Crippen LogP contribution in [0.1, 0.15) is 15.9 Å². The molecular weight excluding hydrogens is 442 g/mol. The summed E-state index contributed by atoms with van der Waals surface area (Å²) in [4.78, 5) is 12.2. The second-order valence-corrected chi connectivity index (χ2v) is 6.38. The van der Waals surface area contributed by atoms with E-state index in [0.29, 0.717) is 14.6 Å². The maximum absolute atomic E-state index is 13.1. The van der Waals surface area contributed by atoms with Gasteiger partial charge in [0.25, 0.3) is 5.91 Å². The number of hydrogen-bond donors (Lipinski definition) is 1. The first kappa shape index (κ1) is 16.1.